The summed E-state index contributed by atoms with van der Waals surface area (Å²) in [5, 5.41) is 2.99. The monoisotopic (exact) mass is 649 g/mol. The zero-order valence-electron chi connectivity index (χ0n) is 26.4. The number of nitrogens with zero attached hydrogens (tertiary/aromatic N) is 6. The lowest BCUT2D eigenvalue weighted by Gasteiger charge is -2.30. The summed E-state index contributed by atoms with van der Waals surface area (Å²) < 4.78 is 32.1. The minimum atomic E-state index is -0.677. The van der Waals surface area contributed by atoms with Crippen molar-refractivity contribution in [1.82, 2.24) is 33.7 Å². The van der Waals surface area contributed by atoms with Gasteiger partial charge in [-0.25, -0.2) is 28.1 Å². The zero-order chi connectivity index (χ0) is 33.5. The lowest BCUT2D eigenvalue weighted by molar-refractivity contribution is 0.0917. The van der Waals surface area contributed by atoms with Gasteiger partial charge in [0.25, 0.3) is 11.5 Å². The number of amides is 1. The molecule has 0 spiro atoms. The van der Waals surface area contributed by atoms with E-state index in [-0.39, 0.29) is 28.7 Å². The second-order valence-electron chi connectivity index (χ2n) is 12.5. The van der Waals surface area contributed by atoms with Crippen LogP contribution in [0.15, 0.2) is 94.9 Å². The molecule has 48 heavy (non-hydrogen) atoms. The Balaban J connectivity index is 1.18. The second kappa shape index (κ2) is 12.6. The quantitative estimate of drug-likeness (QED) is 0.258. The van der Waals surface area contributed by atoms with Crippen LogP contribution in [0.1, 0.15) is 47.8 Å². The molecule has 0 aliphatic heterocycles. The molecular formula is C36H33F2N7O3. The molecule has 2 aromatic carbocycles. The number of imidazole rings is 1. The number of aromatic nitrogens is 5. The zero-order valence-corrected chi connectivity index (χ0v) is 26.4. The molecule has 1 aliphatic rings. The lowest BCUT2D eigenvalue weighted by Crippen LogP contribution is -2.45. The van der Waals surface area contributed by atoms with Gasteiger partial charge in [-0.3, -0.25) is 14.2 Å². The van der Waals surface area contributed by atoms with Crippen LogP contribution < -0.4 is 16.6 Å². The average molecular weight is 650 g/mol. The van der Waals surface area contributed by atoms with E-state index in [0.29, 0.717) is 37.0 Å². The Morgan fingerprint density at radius 3 is 2.44 bits per heavy atom. The van der Waals surface area contributed by atoms with Gasteiger partial charge in [0.1, 0.15) is 23.0 Å². The molecule has 0 bridgehead atoms. The molecule has 0 radical (unpaired) electrons. The predicted octanol–water partition coefficient (Wildman–Crippen LogP) is 5.12. The first kappa shape index (κ1) is 31.1. The minimum Gasteiger partial charge on any atom is -0.348 e. The van der Waals surface area contributed by atoms with Crippen LogP contribution in [0.5, 0.6) is 0 Å². The number of nitrogens with one attached hydrogen (secondary N) is 1. The molecule has 12 heteroatoms. The maximum Gasteiger partial charge on any atom is 0.337 e. The van der Waals surface area contributed by atoms with Gasteiger partial charge in [0.05, 0.1) is 17.3 Å². The van der Waals surface area contributed by atoms with E-state index in [1.807, 2.05) is 44.4 Å². The summed E-state index contributed by atoms with van der Waals surface area (Å²) in [6, 6.07) is 18.8. The van der Waals surface area contributed by atoms with Gasteiger partial charge in [-0.1, -0.05) is 36.4 Å². The van der Waals surface area contributed by atoms with Crippen LogP contribution in [0, 0.1) is 11.6 Å². The molecule has 1 N–H and O–H groups in total. The van der Waals surface area contributed by atoms with Crippen molar-refractivity contribution in [2.45, 2.75) is 44.3 Å². The Morgan fingerprint density at radius 2 is 1.69 bits per heavy atom. The maximum absolute atomic E-state index is 14.5. The fourth-order valence-electron chi connectivity index (χ4n) is 6.54. The third-order valence-electron chi connectivity index (χ3n) is 8.83. The van der Waals surface area contributed by atoms with Gasteiger partial charge in [0, 0.05) is 31.0 Å². The molecule has 1 amide bonds. The summed E-state index contributed by atoms with van der Waals surface area (Å²) in [7, 11) is 4.02. The van der Waals surface area contributed by atoms with Gasteiger partial charge in [-0.05, 0) is 86.8 Å². The number of rotatable bonds is 7. The Bertz CT molecular complexity index is 2280. The third-order valence-corrected chi connectivity index (χ3v) is 8.83. The molecule has 7 rings (SSSR count). The Morgan fingerprint density at radius 1 is 0.917 bits per heavy atom. The first-order valence-electron chi connectivity index (χ1n) is 15.8. The largest absolute Gasteiger partial charge is 0.348 e. The smallest absolute Gasteiger partial charge is 0.337 e. The van der Waals surface area contributed by atoms with Crippen molar-refractivity contribution in [1.29, 1.82) is 0 Å². The maximum atomic E-state index is 14.5. The van der Waals surface area contributed by atoms with E-state index in [0.717, 1.165) is 29.9 Å². The van der Waals surface area contributed by atoms with E-state index in [1.54, 1.807) is 6.07 Å². The van der Waals surface area contributed by atoms with Crippen LogP contribution in [0.4, 0.5) is 8.78 Å². The van der Waals surface area contributed by atoms with Crippen molar-refractivity contribution < 1.29 is 13.6 Å². The number of benzene rings is 2. The van der Waals surface area contributed by atoms with Gasteiger partial charge in [-0.15, -0.1) is 0 Å². The minimum absolute atomic E-state index is 0.00625. The Hall–Kier alpha value is -5.49. The Kier molecular flexibility index (Phi) is 8.17. The van der Waals surface area contributed by atoms with Crippen LogP contribution in [0.25, 0.3) is 33.5 Å². The molecule has 6 aromatic rings. The molecule has 10 nitrogen and oxygen atoms in total. The highest BCUT2D eigenvalue weighted by Crippen LogP contribution is 2.28. The number of carbonyl (C=O) groups is 1. The van der Waals surface area contributed by atoms with Gasteiger partial charge < -0.3 is 14.6 Å². The number of fused-ring (bicyclic) bond motifs is 2. The normalized spacial score (nSPS) is 16.5. The van der Waals surface area contributed by atoms with Crippen molar-refractivity contribution in [2.24, 2.45) is 0 Å². The molecule has 1 aliphatic carbocycles. The summed E-state index contributed by atoms with van der Waals surface area (Å²) in [5.41, 5.74) is 3.03. The molecule has 1 saturated carbocycles. The highest BCUT2D eigenvalue weighted by Gasteiger charge is 2.28. The van der Waals surface area contributed by atoms with Crippen LogP contribution in [-0.2, 0) is 6.54 Å². The molecular weight excluding hydrogens is 616 g/mol. The van der Waals surface area contributed by atoms with E-state index < -0.39 is 28.9 Å². The predicted molar refractivity (Wildman–Crippen MR) is 178 cm³/mol. The van der Waals surface area contributed by atoms with E-state index in [1.165, 1.54) is 43.6 Å². The highest BCUT2D eigenvalue weighted by atomic mass is 19.1. The number of pyridine rings is 2. The van der Waals surface area contributed by atoms with Crippen molar-refractivity contribution in [3.05, 3.63) is 129 Å². The van der Waals surface area contributed by atoms with Crippen molar-refractivity contribution in [3.63, 3.8) is 0 Å². The summed E-state index contributed by atoms with van der Waals surface area (Å²) in [6.45, 7) is 0.809. The molecule has 4 aromatic heterocycles. The molecule has 0 unspecified atom stereocenters. The van der Waals surface area contributed by atoms with Gasteiger partial charge in [0.15, 0.2) is 5.65 Å². The first-order valence-corrected chi connectivity index (χ1v) is 15.8. The average Bonchev–Trinajstić information content (AvgIpc) is 3.50. The molecule has 1 fully saturated rings. The van der Waals surface area contributed by atoms with Crippen molar-refractivity contribution in [3.8, 4) is 16.8 Å². The number of halogens is 2. The van der Waals surface area contributed by atoms with Crippen LogP contribution in [-0.4, -0.2) is 54.4 Å². The van der Waals surface area contributed by atoms with E-state index in [4.69, 9.17) is 0 Å². The van der Waals surface area contributed by atoms with E-state index >= 15 is 0 Å². The molecule has 244 valence electrons. The fraction of sp³-hybridized carbons (Fsp3) is 0.250. The number of hydrogen-bond acceptors (Lipinski definition) is 6. The SMILES string of the molecule is CN(C)Cc1ccc(-c2cccc(-n3c(=O)n(C4CCC(NC(=O)c5cn6cc(F)ccc6n5)CC4)c(=O)c4cc(F)cnc43)c2)cc1. The second-order valence-corrected chi connectivity index (χ2v) is 12.5. The third kappa shape index (κ3) is 6.02. The molecule has 0 saturated heterocycles. The summed E-state index contributed by atoms with van der Waals surface area (Å²) in [5.74, 6) is -1.50. The molecule has 0 atom stereocenters. The first-order chi connectivity index (χ1) is 23.1. The topological polar surface area (TPSA) is 107 Å². The number of hydrogen-bond donors (Lipinski definition) is 1. The fourth-order valence-corrected chi connectivity index (χ4v) is 6.54. The molecule has 4 heterocycles. The summed E-state index contributed by atoms with van der Waals surface area (Å²) in [6.07, 6.45) is 5.60. The van der Waals surface area contributed by atoms with E-state index in [2.05, 4.69) is 32.3 Å². The van der Waals surface area contributed by atoms with Crippen LogP contribution in [0.2, 0.25) is 0 Å². The number of carbonyl (C=O) groups excluding carboxylic acids is 1. The van der Waals surface area contributed by atoms with Crippen LogP contribution >= 0.6 is 0 Å². The van der Waals surface area contributed by atoms with E-state index in [9.17, 15) is 23.2 Å². The standard InChI is InChI=1S/C36H33F2N7O3/c1-42(2)19-22-6-8-23(9-7-22)24-4-3-5-29(16-24)44-33-30(17-26(38)18-39-33)35(47)45(36(44)48)28-13-11-27(12-14-28)40-34(46)31-21-43-20-25(37)10-15-32(43)41-31/h3-10,15-18,20-21,27-28H,11-14,19H2,1-2H3,(H,40,46). The van der Waals surface area contributed by atoms with Crippen molar-refractivity contribution in [2.75, 3.05) is 14.1 Å². The Labute approximate surface area is 273 Å². The van der Waals surface area contributed by atoms with Gasteiger partial charge in [-0.2, -0.15) is 0 Å². The summed E-state index contributed by atoms with van der Waals surface area (Å²) in [4.78, 5) is 51.5. The van der Waals surface area contributed by atoms with Gasteiger partial charge >= 0.3 is 5.69 Å². The van der Waals surface area contributed by atoms with Crippen LogP contribution in [0.3, 0.4) is 0 Å². The summed E-state index contributed by atoms with van der Waals surface area (Å²) >= 11 is 0. The van der Waals surface area contributed by atoms with Crippen molar-refractivity contribution >= 4 is 22.6 Å². The lowest BCUT2D eigenvalue weighted by atomic mass is 9.90. The highest BCUT2D eigenvalue weighted by molar-refractivity contribution is 5.93. The van der Waals surface area contributed by atoms with Gasteiger partial charge in [0.2, 0.25) is 0 Å².